The minimum Gasteiger partial charge on any atom is -0.392 e. The predicted octanol–water partition coefficient (Wildman–Crippen LogP) is 8.47. The summed E-state index contributed by atoms with van der Waals surface area (Å²) in [5.74, 6) is 0.943. The van der Waals surface area contributed by atoms with E-state index in [4.69, 9.17) is 9.47 Å². The molecule has 3 fully saturated rings. The third kappa shape index (κ3) is 6.34. The Morgan fingerprint density at radius 3 is 2.58 bits per heavy atom. The Morgan fingerprint density at radius 2 is 1.89 bits per heavy atom. The molecule has 5 atom stereocenters. The largest absolute Gasteiger partial charge is 0.392 e. The summed E-state index contributed by atoms with van der Waals surface area (Å²) >= 11 is 0. The number of hydrogen-bond acceptors (Lipinski definition) is 3. The lowest BCUT2D eigenvalue weighted by molar-refractivity contribution is -0.228. The average molecular weight is 497 g/mol. The molecule has 0 amide bonds. The van der Waals surface area contributed by atoms with Crippen LogP contribution in [0, 0.1) is 22.7 Å². The normalized spacial score (nSPS) is 34.6. The molecule has 1 spiro atoms. The second-order valence-corrected chi connectivity index (χ2v) is 12.7. The van der Waals surface area contributed by atoms with Crippen molar-refractivity contribution in [3.05, 3.63) is 58.2 Å². The number of aliphatic hydroxyl groups is 1. The molecule has 3 rings (SSSR count). The standard InChI is InChI=1S/C33H52O3/c1-23(2)12-9-13-24(3)14-10-15-25(4)20-28-21-33-30(26(5)16-11-19-35-31(33)36-28)29(27(6)22-34)17-18-32(33,7)8/h10,12,14-15,20,26,28,30-31,34H,9,11,13,16-19,21-22H2,1-8H3/b15-10+,24-14+,25-20+,29-27-/t26-,28?,30?,31?,33?/m1/s1. The van der Waals surface area contributed by atoms with Gasteiger partial charge in [0.25, 0.3) is 0 Å². The van der Waals surface area contributed by atoms with Crippen molar-refractivity contribution in [1.29, 1.82) is 0 Å². The van der Waals surface area contributed by atoms with E-state index in [-0.39, 0.29) is 29.8 Å². The van der Waals surface area contributed by atoms with Gasteiger partial charge in [-0.1, -0.05) is 73.4 Å². The summed E-state index contributed by atoms with van der Waals surface area (Å²) in [5.41, 5.74) is 6.67. The highest BCUT2D eigenvalue weighted by molar-refractivity contribution is 5.29. The lowest BCUT2D eigenvalue weighted by atomic mass is 9.47. The summed E-state index contributed by atoms with van der Waals surface area (Å²) in [6.07, 6.45) is 18.7. The summed E-state index contributed by atoms with van der Waals surface area (Å²) in [4.78, 5) is 0. The Balaban J connectivity index is 1.87. The van der Waals surface area contributed by atoms with Gasteiger partial charge in [-0.15, -0.1) is 0 Å². The summed E-state index contributed by atoms with van der Waals surface area (Å²) in [5, 5.41) is 10.1. The third-order valence-corrected chi connectivity index (χ3v) is 9.18. The quantitative estimate of drug-likeness (QED) is 0.284. The molecule has 0 bridgehead atoms. The number of aliphatic hydroxyl groups excluding tert-OH is 1. The molecule has 1 saturated carbocycles. The zero-order valence-electron chi connectivity index (χ0n) is 24.3. The van der Waals surface area contributed by atoms with Crippen LogP contribution < -0.4 is 0 Å². The minimum absolute atomic E-state index is 0.0447. The summed E-state index contributed by atoms with van der Waals surface area (Å²) in [6, 6.07) is 0. The van der Waals surface area contributed by atoms with Crippen molar-refractivity contribution in [2.24, 2.45) is 22.7 Å². The first-order valence-corrected chi connectivity index (χ1v) is 14.2. The van der Waals surface area contributed by atoms with E-state index in [9.17, 15) is 5.11 Å². The van der Waals surface area contributed by atoms with Crippen LogP contribution in [0.25, 0.3) is 0 Å². The lowest BCUT2D eigenvalue weighted by Gasteiger charge is -2.58. The molecule has 3 heteroatoms. The molecule has 2 aliphatic heterocycles. The van der Waals surface area contributed by atoms with E-state index < -0.39 is 0 Å². The van der Waals surface area contributed by atoms with Crippen molar-refractivity contribution >= 4 is 0 Å². The molecule has 0 aromatic rings. The van der Waals surface area contributed by atoms with E-state index in [0.717, 1.165) is 50.7 Å². The number of hydrogen-bond donors (Lipinski definition) is 1. The Hall–Kier alpha value is -1.42. The molecular weight excluding hydrogens is 444 g/mol. The van der Waals surface area contributed by atoms with E-state index in [2.05, 4.69) is 85.8 Å². The van der Waals surface area contributed by atoms with Gasteiger partial charge < -0.3 is 14.6 Å². The molecule has 4 unspecified atom stereocenters. The first-order chi connectivity index (χ1) is 17.0. The third-order valence-electron chi connectivity index (χ3n) is 9.18. The van der Waals surface area contributed by atoms with Crippen molar-refractivity contribution in [2.75, 3.05) is 13.2 Å². The molecule has 2 heterocycles. The van der Waals surface area contributed by atoms with Crippen molar-refractivity contribution in [2.45, 2.75) is 113 Å². The molecule has 202 valence electrons. The Labute approximate surface area is 221 Å². The first kappa shape index (κ1) is 29.1. The van der Waals surface area contributed by atoms with Crippen LogP contribution in [-0.4, -0.2) is 30.7 Å². The molecule has 1 aliphatic carbocycles. The number of allylic oxidation sites excluding steroid dienone is 8. The van der Waals surface area contributed by atoms with E-state index >= 15 is 0 Å². The number of ether oxygens (including phenoxy) is 2. The van der Waals surface area contributed by atoms with E-state index in [1.807, 2.05) is 0 Å². The van der Waals surface area contributed by atoms with Crippen LogP contribution in [-0.2, 0) is 9.47 Å². The minimum atomic E-state index is -0.197. The van der Waals surface area contributed by atoms with E-state index in [1.165, 1.54) is 28.7 Å². The van der Waals surface area contributed by atoms with Gasteiger partial charge in [0, 0.05) is 12.0 Å². The van der Waals surface area contributed by atoms with Crippen LogP contribution in [0.3, 0.4) is 0 Å². The van der Waals surface area contributed by atoms with Crippen molar-refractivity contribution < 1.29 is 14.6 Å². The highest BCUT2D eigenvalue weighted by atomic mass is 16.7. The monoisotopic (exact) mass is 496 g/mol. The SMILES string of the molecule is CC(C)=CCC/C(C)=C/C=C/C(C)=C/C1CC23C(OCCC[C@@H](C)C2/C(=C(/C)CO)CCC3(C)C)O1. The van der Waals surface area contributed by atoms with Crippen LogP contribution in [0.5, 0.6) is 0 Å². The Morgan fingerprint density at radius 1 is 1.14 bits per heavy atom. The molecule has 36 heavy (non-hydrogen) atoms. The maximum atomic E-state index is 10.1. The zero-order chi connectivity index (χ0) is 26.5. The van der Waals surface area contributed by atoms with Gasteiger partial charge in [-0.25, -0.2) is 0 Å². The van der Waals surface area contributed by atoms with Crippen LogP contribution in [0.4, 0.5) is 0 Å². The predicted molar refractivity (Wildman–Crippen MR) is 152 cm³/mol. The maximum Gasteiger partial charge on any atom is 0.165 e. The lowest BCUT2D eigenvalue weighted by Crippen LogP contribution is -2.56. The molecular formula is C33H52O3. The highest BCUT2D eigenvalue weighted by Crippen LogP contribution is 2.66. The van der Waals surface area contributed by atoms with Crippen LogP contribution >= 0.6 is 0 Å². The van der Waals surface area contributed by atoms with Gasteiger partial charge in [-0.3, -0.25) is 0 Å². The molecule has 2 saturated heterocycles. The second-order valence-electron chi connectivity index (χ2n) is 12.7. The zero-order valence-corrected chi connectivity index (χ0v) is 24.3. The van der Waals surface area contributed by atoms with Gasteiger partial charge in [-0.05, 0) is 102 Å². The van der Waals surface area contributed by atoms with Gasteiger partial charge >= 0.3 is 0 Å². The van der Waals surface area contributed by atoms with Crippen molar-refractivity contribution in [1.82, 2.24) is 0 Å². The fourth-order valence-corrected chi connectivity index (χ4v) is 7.06. The smallest absolute Gasteiger partial charge is 0.165 e. The van der Waals surface area contributed by atoms with Crippen LogP contribution in [0.1, 0.15) is 100 Å². The Bertz CT molecular complexity index is 911. The summed E-state index contributed by atoms with van der Waals surface area (Å²) in [7, 11) is 0. The van der Waals surface area contributed by atoms with Crippen molar-refractivity contribution in [3.8, 4) is 0 Å². The van der Waals surface area contributed by atoms with Crippen molar-refractivity contribution in [3.63, 3.8) is 0 Å². The van der Waals surface area contributed by atoms with Gasteiger partial charge in [0.05, 0.1) is 12.7 Å². The van der Waals surface area contributed by atoms with Gasteiger partial charge in [0.1, 0.15) is 0 Å². The molecule has 3 nitrogen and oxygen atoms in total. The fourth-order valence-electron chi connectivity index (χ4n) is 7.06. The number of rotatable bonds is 7. The molecule has 0 radical (unpaired) electrons. The highest BCUT2D eigenvalue weighted by Gasteiger charge is 2.64. The Kier molecular flexibility index (Phi) is 10.1. The fraction of sp³-hybridized carbons (Fsp3) is 0.697. The topological polar surface area (TPSA) is 38.7 Å². The van der Waals surface area contributed by atoms with E-state index in [0.29, 0.717) is 11.8 Å². The van der Waals surface area contributed by atoms with Gasteiger partial charge in [0.2, 0.25) is 0 Å². The summed E-state index contributed by atoms with van der Waals surface area (Å²) < 4.78 is 13.3. The second kappa shape index (κ2) is 12.4. The van der Waals surface area contributed by atoms with Gasteiger partial charge in [-0.2, -0.15) is 0 Å². The average Bonchev–Trinajstić information content (AvgIpc) is 3.14. The molecule has 3 aliphatic rings. The molecule has 1 N–H and O–H groups in total. The van der Waals surface area contributed by atoms with E-state index in [1.54, 1.807) is 0 Å². The first-order valence-electron chi connectivity index (χ1n) is 14.2. The van der Waals surface area contributed by atoms with Gasteiger partial charge in [0.15, 0.2) is 6.29 Å². The maximum absolute atomic E-state index is 10.1. The summed E-state index contributed by atoms with van der Waals surface area (Å²) in [6.45, 7) is 19.0. The van der Waals surface area contributed by atoms with Crippen LogP contribution in [0.15, 0.2) is 58.2 Å². The van der Waals surface area contributed by atoms with Crippen LogP contribution in [0.2, 0.25) is 0 Å². The molecule has 0 aromatic carbocycles. The molecule has 0 aromatic heterocycles.